The van der Waals surface area contributed by atoms with Crippen LogP contribution in [-0.2, 0) is 30.4 Å². The molecule has 3 atom stereocenters. The third-order valence-corrected chi connectivity index (χ3v) is 3.97. The first-order valence-corrected chi connectivity index (χ1v) is 8.99. The van der Waals surface area contributed by atoms with Crippen molar-refractivity contribution in [2.24, 2.45) is 11.5 Å². The fourth-order valence-electron chi connectivity index (χ4n) is 2.14. The van der Waals surface area contributed by atoms with Crippen molar-refractivity contribution in [2.75, 3.05) is 12.3 Å². The van der Waals surface area contributed by atoms with Gasteiger partial charge in [0.05, 0.1) is 25.3 Å². The molecule has 0 saturated heterocycles. The lowest BCUT2D eigenvalue weighted by Gasteiger charge is -2.20. The Bertz CT molecular complexity index is 742. The molecular weight excluding hydrogens is 406 g/mol. The van der Waals surface area contributed by atoms with Gasteiger partial charge in [0.15, 0.2) is 0 Å². The number of H-pyrrole nitrogens is 1. The van der Waals surface area contributed by atoms with E-state index in [1.54, 1.807) is 0 Å². The summed E-state index contributed by atoms with van der Waals surface area (Å²) in [6.45, 7) is -0.529. The van der Waals surface area contributed by atoms with Gasteiger partial charge < -0.3 is 37.5 Å². The Kier molecular flexibility index (Phi) is 9.61. The number of aliphatic carboxylic acids is 1. The first kappa shape index (κ1) is 23.9. The lowest BCUT2D eigenvalue weighted by Crippen LogP contribution is -2.54. The van der Waals surface area contributed by atoms with E-state index in [1.165, 1.54) is 12.5 Å². The molecule has 1 aromatic rings. The number of carboxylic acids is 1. The number of hydrogen-bond acceptors (Lipinski definition) is 8. The van der Waals surface area contributed by atoms with Crippen LogP contribution in [0.5, 0.6) is 0 Å². The molecule has 29 heavy (non-hydrogen) atoms. The van der Waals surface area contributed by atoms with Crippen LogP contribution in [0.3, 0.4) is 0 Å². The number of aromatic nitrogens is 2. The van der Waals surface area contributed by atoms with Crippen molar-refractivity contribution in [3.63, 3.8) is 0 Å². The molecule has 0 radical (unpaired) electrons. The molecule has 14 heteroatoms. The van der Waals surface area contributed by atoms with Crippen molar-refractivity contribution in [3.05, 3.63) is 18.2 Å². The monoisotopic (exact) mass is 429 g/mol. The molecule has 1 rings (SSSR count). The van der Waals surface area contributed by atoms with Gasteiger partial charge in [-0.15, -0.1) is 0 Å². The normalized spacial score (nSPS) is 13.6. The van der Waals surface area contributed by atoms with Gasteiger partial charge in [0, 0.05) is 24.1 Å². The molecule has 0 aromatic carbocycles. The van der Waals surface area contributed by atoms with Crippen LogP contribution in [0.4, 0.5) is 0 Å². The molecule has 0 spiro atoms. The zero-order valence-electron chi connectivity index (χ0n) is 15.3. The van der Waals surface area contributed by atoms with Crippen LogP contribution < -0.4 is 27.4 Å². The standard InChI is InChI=1S/C15H23N7O6S/c16-8(2-11(17)23)13(25)22-9(1-7-3-18-6-20-7)14(26)19-4-12(24)21-10(5-29)15(27)28/h3,6,8-10,29H,1-2,4-5,16H2,(H2,17,23)(H,18,20)(H,19,26)(H,21,24)(H,22,25)(H,27,28). The largest absolute Gasteiger partial charge is 0.480 e. The minimum atomic E-state index is -1.27. The summed E-state index contributed by atoms with van der Waals surface area (Å²) in [6.07, 6.45) is 2.40. The number of carbonyl (C=O) groups excluding carboxylic acids is 4. The Balaban J connectivity index is 2.72. The Hall–Kier alpha value is -3.13. The summed E-state index contributed by atoms with van der Waals surface area (Å²) in [7, 11) is 0. The topological polar surface area (TPSA) is 222 Å². The fraction of sp³-hybridized carbons (Fsp3) is 0.467. The highest BCUT2D eigenvalue weighted by molar-refractivity contribution is 7.80. The van der Waals surface area contributed by atoms with E-state index >= 15 is 0 Å². The molecule has 0 saturated carbocycles. The van der Waals surface area contributed by atoms with E-state index in [9.17, 15) is 24.0 Å². The van der Waals surface area contributed by atoms with Crippen molar-refractivity contribution in [1.82, 2.24) is 25.9 Å². The van der Waals surface area contributed by atoms with Gasteiger partial charge in [0.2, 0.25) is 23.6 Å². The number of primary amides is 1. The van der Waals surface area contributed by atoms with Crippen LogP contribution in [0.25, 0.3) is 0 Å². The van der Waals surface area contributed by atoms with Crippen LogP contribution in [-0.4, -0.2) is 75.1 Å². The Morgan fingerprint density at radius 2 is 1.86 bits per heavy atom. The van der Waals surface area contributed by atoms with Crippen molar-refractivity contribution < 1.29 is 29.1 Å². The summed E-state index contributed by atoms with van der Waals surface area (Å²) in [6, 6.07) is -3.61. The summed E-state index contributed by atoms with van der Waals surface area (Å²) in [5.41, 5.74) is 11.1. The predicted octanol–water partition coefficient (Wildman–Crippen LogP) is -3.74. The van der Waals surface area contributed by atoms with Crippen molar-refractivity contribution in [2.45, 2.75) is 31.0 Å². The lowest BCUT2D eigenvalue weighted by atomic mass is 10.1. The van der Waals surface area contributed by atoms with Gasteiger partial charge in [0.25, 0.3) is 0 Å². The maximum absolute atomic E-state index is 12.4. The number of rotatable bonds is 12. The number of imidazole rings is 1. The second-order valence-corrected chi connectivity index (χ2v) is 6.34. The number of nitrogens with two attached hydrogens (primary N) is 2. The minimum Gasteiger partial charge on any atom is -0.480 e. The lowest BCUT2D eigenvalue weighted by molar-refractivity contribution is -0.141. The zero-order valence-corrected chi connectivity index (χ0v) is 16.1. The fourth-order valence-corrected chi connectivity index (χ4v) is 2.38. The molecule has 160 valence electrons. The van der Waals surface area contributed by atoms with E-state index in [1.807, 2.05) is 0 Å². The molecular formula is C15H23N7O6S. The van der Waals surface area contributed by atoms with E-state index in [2.05, 4.69) is 38.5 Å². The third kappa shape index (κ3) is 8.61. The summed E-state index contributed by atoms with van der Waals surface area (Å²) in [4.78, 5) is 64.8. The highest BCUT2D eigenvalue weighted by atomic mass is 32.1. The van der Waals surface area contributed by atoms with Gasteiger partial charge in [-0.2, -0.15) is 12.6 Å². The van der Waals surface area contributed by atoms with E-state index in [4.69, 9.17) is 16.6 Å². The summed E-state index contributed by atoms with van der Waals surface area (Å²) in [5.74, 6) is -4.45. The van der Waals surface area contributed by atoms with Gasteiger partial charge in [-0.25, -0.2) is 9.78 Å². The summed E-state index contributed by atoms with van der Waals surface area (Å²) >= 11 is 3.82. The maximum atomic E-state index is 12.4. The number of aromatic amines is 1. The third-order valence-electron chi connectivity index (χ3n) is 3.61. The van der Waals surface area contributed by atoms with E-state index in [-0.39, 0.29) is 12.2 Å². The molecule has 1 heterocycles. The maximum Gasteiger partial charge on any atom is 0.327 e. The van der Waals surface area contributed by atoms with Gasteiger partial charge in [-0.1, -0.05) is 0 Å². The first-order valence-electron chi connectivity index (χ1n) is 8.36. The van der Waals surface area contributed by atoms with Gasteiger partial charge in [-0.3, -0.25) is 19.2 Å². The molecule has 4 amide bonds. The Morgan fingerprint density at radius 1 is 1.17 bits per heavy atom. The quantitative estimate of drug-likeness (QED) is 0.154. The number of carbonyl (C=O) groups is 5. The average Bonchev–Trinajstić information content (AvgIpc) is 3.15. The average molecular weight is 429 g/mol. The Morgan fingerprint density at radius 3 is 2.38 bits per heavy atom. The zero-order chi connectivity index (χ0) is 22.0. The second kappa shape index (κ2) is 11.7. The number of nitrogens with zero attached hydrogens (tertiary/aromatic N) is 1. The van der Waals surface area contributed by atoms with Gasteiger partial charge in [0.1, 0.15) is 12.1 Å². The summed E-state index contributed by atoms with van der Waals surface area (Å²) < 4.78 is 0. The molecule has 0 fully saturated rings. The van der Waals surface area contributed by atoms with Gasteiger partial charge in [-0.05, 0) is 0 Å². The SMILES string of the molecule is NC(=O)CC(N)C(=O)NC(Cc1cnc[nH]1)C(=O)NCC(=O)NC(CS)C(=O)O. The van der Waals surface area contributed by atoms with E-state index < -0.39 is 60.7 Å². The van der Waals surface area contributed by atoms with Crippen molar-refractivity contribution in [3.8, 4) is 0 Å². The van der Waals surface area contributed by atoms with Crippen LogP contribution in [0.15, 0.2) is 12.5 Å². The summed E-state index contributed by atoms with van der Waals surface area (Å²) in [5, 5.41) is 15.8. The molecule has 13 nitrogen and oxygen atoms in total. The molecule has 0 aliphatic rings. The highest BCUT2D eigenvalue weighted by Crippen LogP contribution is 2.00. The smallest absolute Gasteiger partial charge is 0.327 e. The highest BCUT2D eigenvalue weighted by Gasteiger charge is 2.26. The second-order valence-electron chi connectivity index (χ2n) is 5.98. The van der Waals surface area contributed by atoms with Crippen molar-refractivity contribution in [1.29, 1.82) is 0 Å². The number of thiol groups is 1. The minimum absolute atomic E-state index is 0.00310. The number of hydrogen-bond donors (Lipinski definition) is 8. The molecule has 1 aromatic heterocycles. The number of nitrogens with one attached hydrogen (secondary N) is 4. The number of carboxylic acid groups (broad SMARTS) is 1. The molecule has 0 aliphatic heterocycles. The molecule has 0 bridgehead atoms. The van der Waals surface area contributed by atoms with Crippen LogP contribution in [0.2, 0.25) is 0 Å². The molecule has 0 aliphatic carbocycles. The van der Waals surface area contributed by atoms with E-state index in [0.29, 0.717) is 5.69 Å². The number of amides is 4. The van der Waals surface area contributed by atoms with E-state index in [0.717, 1.165) is 0 Å². The van der Waals surface area contributed by atoms with Crippen LogP contribution in [0, 0.1) is 0 Å². The molecule has 9 N–H and O–H groups in total. The van der Waals surface area contributed by atoms with Gasteiger partial charge >= 0.3 is 5.97 Å². The van der Waals surface area contributed by atoms with Crippen LogP contribution in [0.1, 0.15) is 12.1 Å². The van der Waals surface area contributed by atoms with Crippen LogP contribution >= 0.6 is 12.6 Å². The Labute approximate surface area is 170 Å². The predicted molar refractivity (Wildman–Crippen MR) is 102 cm³/mol. The van der Waals surface area contributed by atoms with Crippen molar-refractivity contribution >= 4 is 42.2 Å². The first-order chi connectivity index (χ1) is 13.6. The molecule has 3 unspecified atom stereocenters.